The van der Waals surface area contributed by atoms with Crippen molar-refractivity contribution in [3.8, 4) is 0 Å². The maximum Gasteiger partial charge on any atom is 0.159 e. The molecule has 9 atom stereocenters. The Morgan fingerprint density at radius 3 is 2.42 bits per heavy atom. The molecule has 0 aliphatic heterocycles. The van der Waals surface area contributed by atoms with E-state index < -0.39 is 6.10 Å². The molecule has 3 saturated carbocycles. The average Bonchev–Trinajstić information content (AvgIpc) is 2.98. The van der Waals surface area contributed by atoms with Crippen molar-refractivity contribution in [2.24, 2.45) is 40.4 Å². The molecule has 1 unspecified atom stereocenters. The molecule has 4 rings (SSSR count). The Bertz CT molecular complexity index is 742. The topological polar surface area (TPSA) is 77.8 Å². The lowest BCUT2D eigenvalue weighted by Crippen LogP contribution is -2.53. The number of aliphatic hydroxyl groups excluding tert-OH is 3. The third kappa shape index (κ3) is 3.75. The zero-order valence-corrected chi connectivity index (χ0v) is 20.2. The third-order valence-electron chi connectivity index (χ3n) is 10.2. The number of carbonyl (C=O) groups is 1. The van der Waals surface area contributed by atoms with E-state index in [1.54, 1.807) is 0 Å². The van der Waals surface area contributed by atoms with Crippen LogP contribution in [0.15, 0.2) is 11.1 Å². The highest BCUT2D eigenvalue weighted by atomic mass is 16.3. The summed E-state index contributed by atoms with van der Waals surface area (Å²) in [6.07, 6.45) is 6.55. The monoisotopic (exact) mass is 432 g/mol. The molecule has 0 aromatic carbocycles. The second-order valence-corrected chi connectivity index (χ2v) is 12.3. The molecule has 3 N–H and O–H groups in total. The van der Waals surface area contributed by atoms with Gasteiger partial charge >= 0.3 is 0 Å². The van der Waals surface area contributed by atoms with E-state index >= 15 is 0 Å². The molecule has 0 spiro atoms. The van der Waals surface area contributed by atoms with Gasteiger partial charge in [-0.15, -0.1) is 0 Å². The fraction of sp³-hybridized carbons (Fsp3) is 0.889. The van der Waals surface area contributed by atoms with Crippen LogP contribution >= 0.6 is 0 Å². The molecule has 0 radical (unpaired) electrons. The molecule has 0 bridgehead atoms. The van der Waals surface area contributed by atoms with Crippen LogP contribution in [0.2, 0.25) is 0 Å². The van der Waals surface area contributed by atoms with Crippen molar-refractivity contribution in [3.63, 3.8) is 0 Å². The Balaban J connectivity index is 1.62. The smallest absolute Gasteiger partial charge is 0.159 e. The van der Waals surface area contributed by atoms with Gasteiger partial charge in [0.2, 0.25) is 0 Å². The molecule has 3 fully saturated rings. The summed E-state index contributed by atoms with van der Waals surface area (Å²) in [5, 5.41) is 31.6. The van der Waals surface area contributed by atoms with E-state index in [0.29, 0.717) is 42.8 Å². The number of Topliss-reactive ketones (excluding diaryl/α,β-unsaturated/α-hetero) is 1. The summed E-state index contributed by atoms with van der Waals surface area (Å²) in [6.45, 7) is 11.0. The molecular formula is C27H44O4. The summed E-state index contributed by atoms with van der Waals surface area (Å²) in [5.41, 5.74) is 2.22. The van der Waals surface area contributed by atoms with Crippen LogP contribution in [-0.4, -0.2) is 39.4 Å². The van der Waals surface area contributed by atoms with Gasteiger partial charge in [0.15, 0.2) is 5.78 Å². The van der Waals surface area contributed by atoms with Crippen molar-refractivity contribution in [2.75, 3.05) is 0 Å². The lowest BCUT2D eigenvalue weighted by molar-refractivity contribution is -0.116. The maximum absolute atomic E-state index is 13.4. The Labute approximate surface area is 188 Å². The van der Waals surface area contributed by atoms with Crippen LogP contribution in [0.1, 0.15) is 92.4 Å². The van der Waals surface area contributed by atoms with Gasteiger partial charge in [-0.3, -0.25) is 4.79 Å². The SMILES string of the molecule is CC(C)[C@@H](O)CC[C@@H](C)[C@H]1CC(=O)C2=C3C[C@H](O)C4C[C@@H](O)CC[C@]4(C)[C@H]3CC[C@@]21C. The van der Waals surface area contributed by atoms with E-state index in [1.165, 1.54) is 5.57 Å². The summed E-state index contributed by atoms with van der Waals surface area (Å²) < 4.78 is 0. The first-order chi connectivity index (χ1) is 14.5. The minimum absolute atomic E-state index is 0.00802. The fourth-order valence-corrected chi connectivity index (χ4v) is 8.19. The largest absolute Gasteiger partial charge is 0.393 e. The van der Waals surface area contributed by atoms with Crippen LogP contribution in [0.5, 0.6) is 0 Å². The summed E-state index contributed by atoms with van der Waals surface area (Å²) in [7, 11) is 0. The minimum atomic E-state index is -0.452. The quantitative estimate of drug-likeness (QED) is 0.591. The first-order valence-corrected chi connectivity index (χ1v) is 12.8. The van der Waals surface area contributed by atoms with Crippen LogP contribution in [0.25, 0.3) is 0 Å². The molecular weight excluding hydrogens is 388 g/mol. The van der Waals surface area contributed by atoms with E-state index in [2.05, 4.69) is 34.6 Å². The van der Waals surface area contributed by atoms with Crippen molar-refractivity contribution < 1.29 is 20.1 Å². The minimum Gasteiger partial charge on any atom is -0.393 e. The fourth-order valence-electron chi connectivity index (χ4n) is 8.19. The van der Waals surface area contributed by atoms with E-state index in [4.69, 9.17) is 0 Å². The van der Waals surface area contributed by atoms with Gasteiger partial charge in [0.05, 0.1) is 18.3 Å². The molecule has 4 heteroatoms. The standard InChI is InChI=1S/C27H44O4/c1-15(2)22(29)7-6-16(3)20-14-24(31)25-18-13-23(30)21-12-17(28)8-10-26(21,4)19(18)9-11-27(20,25)5/h15-17,19-23,28-30H,6-14H2,1-5H3/t16-,17+,19+,20-,21?,22+,23+,26-,27-/m1/s1. The Morgan fingerprint density at radius 1 is 1.03 bits per heavy atom. The molecule has 0 aromatic rings. The highest BCUT2D eigenvalue weighted by Crippen LogP contribution is 2.65. The van der Waals surface area contributed by atoms with Gasteiger partial charge in [-0.05, 0) is 91.8 Å². The summed E-state index contributed by atoms with van der Waals surface area (Å²) in [6, 6.07) is 0. The zero-order valence-electron chi connectivity index (χ0n) is 20.2. The predicted octanol–water partition coefficient (Wildman–Crippen LogP) is 4.65. The molecule has 0 saturated heterocycles. The average molecular weight is 433 g/mol. The van der Waals surface area contributed by atoms with Crippen LogP contribution in [0, 0.1) is 40.4 Å². The van der Waals surface area contributed by atoms with Crippen LogP contribution in [-0.2, 0) is 4.79 Å². The van der Waals surface area contributed by atoms with Gasteiger partial charge in [0.25, 0.3) is 0 Å². The molecule has 176 valence electrons. The van der Waals surface area contributed by atoms with Gasteiger partial charge in [0.1, 0.15) is 0 Å². The van der Waals surface area contributed by atoms with Gasteiger partial charge in [-0.2, -0.15) is 0 Å². The Kier molecular flexibility index (Phi) is 6.24. The molecule has 0 heterocycles. The molecule has 4 aliphatic rings. The van der Waals surface area contributed by atoms with Gasteiger partial charge in [-0.25, -0.2) is 0 Å². The third-order valence-corrected chi connectivity index (χ3v) is 10.2. The van der Waals surface area contributed by atoms with Gasteiger partial charge < -0.3 is 15.3 Å². The van der Waals surface area contributed by atoms with E-state index in [1.807, 2.05) is 0 Å². The van der Waals surface area contributed by atoms with E-state index in [0.717, 1.165) is 44.1 Å². The van der Waals surface area contributed by atoms with Crippen molar-refractivity contribution in [3.05, 3.63) is 11.1 Å². The Morgan fingerprint density at radius 2 is 1.74 bits per heavy atom. The van der Waals surface area contributed by atoms with E-state index in [-0.39, 0.29) is 34.9 Å². The highest BCUT2D eigenvalue weighted by Gasteiger charge is 2.59. The first kappa shape index (κ1) is 23.4. The lowest BCUT2D eigenvalue weighted by atomic mass is 9.48. The Hall–Kier alpha value is -0.710. The number of carbonyl (C=O) groups excluding carboxylic acids is 1. The van der Waals surface area contributed by atoms with Gasteiger partial charge in [-0.1, -0.05) is 40.2 Å². The number of hydrogen-bond donors (Lipinski definition) is 3. The van der Waals surface area contributed by atoms with Crippen molar-refractivity contribution in [1.29, 1.82) is 0 Å². The van der Waals surface area contributed by atoms with Crippen LogP contribution in [0.3, 0.4) is 0 Å². The lowest BCUT2D eigenvalue weighted by Gasteiger charge is -2.57. The molecule has 4 nitrogen and oxygen atoms in total. The summed E-state index contributed by atoms with van der Waals surface area (Å²) in [5.74, 6) is 1.83. The maximum atomic E-state index is 13.4. The highest BCUT2D eigenvalue weighted by molar-refractivity contribution is 6.00. The van der Waals surface area contributed by atoms with Crippen molar-refractivity contribution >= 4 is 5.78 Å². The number of allylic oxidation sites excluding steroid dienone is 1. The second-order valence-electron chi connectivity index (χ2n) is 12.3. The molecule has 31 heavy (non-hydrogen) atoms. The normalized spacial score (nSPS) is 44.7. The number of aliphatic hydroxyl groups is 3. The number of rotatable bonds is 5. The van der Waals surface area contributed by atoms with Crippen LogP contribution < -0.4 is 0 Å². The number of hydrogen-bond acceptors (Lipinski definition) is 4. The summed E-state index contributed by atoms with van der Waals surface area (Å²) >= 11 is 0. The van der Waals surface area contributed by atoms with Crippen molar-refractivity contribution in [1.82, 2.24) is 0 Å². The number of fused-ring (bicyclic) bond motifs is 4. The predicted molar refractivity (Wildman–Crippen MR) is 122 cm³/mol. The molecule has 0 amide bonds. The zero-order chi connectivity index (χ0) is 22.7. The van der Waals surface area contributed by atoms with Crippen molar-refractivity contribution in [2.45, 2.75) is 111 Å². The first-order valence-electron chi connectivity index (χ1n) is 12.8. The van der Waals surface area contributed by atoms with E-state index in [9.17, 15) is 20.1 Å². The summed E-state index contributed by atoms with van der Waals surface area (Å²) in [4.78, 5) is 13.4. The number of ketones is 1. The van der Waals surface area contributed by atoms with Crippen LogP contribution in [0.4, 0.5) is 0 Å². The van der Waals surface area contributed by atoms with Gasteiger partial charge in [0, 0.05) is 12.0 Å². The molecule has 0 aromatic heterocycles. The molecule has 4 aliphatic carbocycles. The second kappa shape index (κ2) is 8.25.